The zero-order chi connectivity index (χ0) is 13.0. The van der Waals surface area contributed by atoms with Crippen LogP contribution in [0.3, 0.4) is 0 Å². The molecule has 1 N–H and O–H groups in total. The summed E-state index contributed by atoms with van der Waals surface area (Å²) in [6.07, 6.45) is 6.36. The summed E-state index contributed by atoms with van der Waals surface area (Å²) in [5.41, 5.74) is 1.11. The molecule has 2 heteroatoms. The van der Waals surface area contributed by atoms with Crippen molar-refractivity contribution < 1.29 is 9.90 Å². The third-order valence-electron chi connectivity index (χ3n) is 3.78. The quantitative estimate of drug-likeness (QED) is 0.737. The molecule has 1 fully saturated rings. The molecular formula is C16H22O2. The van der Waals surface area contributed by atoms with E-state index in [4.69, 9.17) is 0 Å². The first kappa shape index (κ1) is 13.1. The van der Waals surface area contributed by atoms with Crippen molar-refractivity contribution in [2.75, 3.05) is 0 Å². The molecule has 2 unspecified atom stereocenters. The number of hydrogen-bond acceptors (Lipinski definition) is 2. The average molecular weight is 246 g/mol. The number of aromatic hydroxyl groups is 1. The molecule has 0 spiro atoms. The Labute approximate surface area is 109 Å². The smallest absolute Gasteiger partial charge is 0.136 e. The summed E-state index contributed by atoms with van der Waals surface area (Å²) in [7, 11) is 0. The van der Waals surface area contributed by atoms with Gasteiger partial charge in [-0.2, -0.15) is 0 Å². The van der Waals surface area contributed by atoms with Crippen molar-refractivity contribution in [1.82, 2.24) is 0 Å². The SMILES string of the molecule is CCCCCCC(=O)C1CC1c1cccc(O)c1. The van der Waals surface area contributed by atoms with E-state index >= 15 is 0 Å². The number of carbonyl (C=O) groups excluding carboxylic acids is 1. The maximum Gasteiger partial charge on any atom is 0.136 e. The summed E-state index contributed by atoms with van der Waals surface area (Å²) in [6.45, 7) is 2.18. The average Bonchev–Trinajstić information content (AvgIpc) is 3.15. The summed E-state index contributed by atoms with van der Waals surface area (Å²) in [4.78, 5) is 12.0. The lowest BCUT2D eigenvalue weighted by Crippen LogP contribution is -2.02. The third kappa shape index (κ3) is 3.34. The monoisotopic (exact) mass is 246 g/mol. The number of phenolic OH excluding ortho intramolecular Hbond substituents is 1. The molecule has 1 aromatic carbocycles. The van der Waals surface area contributed by atoms with Crippen LogP contribution in [0.25, 0.3) is 0 Å². The Morgan fingerprint density at radius 3 is 2.89 bits per heavy atom. The van der Waals surface area contributed by atoms with Gasteiger partial charge in [-0.25, -0.2) is 0 Å². The van der Waals surface area contributed by atoms with Crippen molar-refractivity contribution in [1.29, 1.82) is 0 Å². The largest absolute Gasteiger partial charge is 0.508 e. The Kier molecular flexibility index (Phi) is 4.40. The number of phenols is 1. The second kappa shape index (κ2) is 6.03. The number of benzene rings is 1. The van der Waals surface area contributed by atoms with E-state index in [0.29, 0.717) is 17.5 Å². The fourth-order valence-corrected chi connectivity index (χ4v) is 2.59. The van der Waals surface area contributed by atoms with Gasteiger partial charge in [0.15, 0.2) is 0 Å². The van der Waals surface area contributed by atoms with Crippen LogP contribution in [0.15, 0.2) is 24.3 Å². The highest BCUT2D eigenvalue weighted by Crippen LogP contribution is 2.49. The van der Waals surface area contributed by atoms with E-state index in [9.17, 15) is 9.90 Å². The topological polar surface area (TPSA) is 37.3 Å². The number of Topliss-reactive ketones (excluding diaryl/α,β-unsaturated/α-hetero) is 1. The highest BCUT2D eigenvalue weighted by atomic mass is 16.3. The predicted octanol–water partition coefficient (Wildman–Crippen LogP) is 4.04. The van der Waals surface area contributed by atoms with E-state index in [1.54, 1.807) is 12.1 Å². The van der Waals surface area contributed by atoms with Crippen LogP contribution < -0.4 is 0 Å². The molecule has 0 saturated heterocycles. The van der Waals surface area contributed by atoms with Gasteiger partial charge in [-0.05, 0) is 36.5 Å². The molecule has 1 aliphatic rings. The molecule has 0 heterocycles. The fraction of sp³-hybridized carbons (Fsp3) is 0.562. The van der Waals surface area contributed by atoms with Crippen LogP contribution in [-0.2, 0) is 4.79 Å². The van der Waals surface area contributed by atoms with Crippen molar-refractivity contribution >= 4 is 5.78 Å². The maximum atomic E-state index is 12.0. The van der Waals surface area contributed by atoms with Crippen LogP contribution in [0.4, 0.5) is 0 Å². The predicted molar refractivity (Wildman–Crippen MR) is 72.7 cm³/mol. The number of carbonyl (C=O) groups is 1. The van der Waals surface area contributed by atoms with Crippen LogP contribution >= 0.6 is 0 Å². The van der Waals surface area contributed by atoms with E-state index in [2.05, 4.69) is 6.92 Å². The number of unbranched alkanes of at least 4 members (excludes halogenated alkanes) is 3. The zero-order valence-electron chi connectivity index (χ0n) is 11.1. The lowest BCUT2D eigenvalue weighted by molar-refractivity contribution is -0.120. The van der Waals surface area contributed by atoms with Crippen LogP contribution in [0.1, 0.15) is 56.9 Å². The molecular weight excluding hydrogens is 224 g/mol. The second-order valence-electron chi connectivity index (χ2n) is 5.32. The zero-order valence-corrected chi connectivity index (χ0v) is 11.1. The molecule has 2 nitrogen and oxygen atoms in total. The molecule has 0 bridgehead atoms. The molecule has 0 radical (unpaired) electrons. The molecule has 0 amide bonds. The van der Waals surface area contributed by atoms with E-state index in [-0.39, 0.29) is 5.92 Å². The normalized spacial score (nSPS) is 21.8. The van der Waals surface area contributed by atoms with Crippen LogP contribution in [0.5, 0.6) is 5.75 Å². The first-order valence-electron chi connectivity index (χ1n) is 7.04. The maximum absolute atomic E-state index is 12.0. The number of hydrogen-bond donors (Lipinski definition) is 1. The third-order valence-corrected chi connectivity index (χ3v) is 3.78. The molecule has 98 valence electrons. The van der Waals surface area contributed by atoms with Crippen molar-refractivity contribution in [3.63, 3.8) is 0 Å². The summed E-state index contributed by atoms with van der Waals surface area (Å²) >= 11 is 0. The first-order chi connectivity index (χ1) is 8.72. The van der Waals surface area contributed by atoms with Crippen LogP contribution in [-0.4, -0.2) is 10.9 Å². The second-order valence-corrected chi connectivity index (χ2v) is 5.32. The van der Waals surface area contributed by atoms with Crippen molar-refractivity contribution in [2.45, 2.75) is 51.4 Å². The standard InChI is InChI=1S/C16H22O2/c1-2-3-4-5-9-16(18)15-11-14(15)12-7-6-8-13(17)10-12/h6-8,10,14-15,17H,2-5,9,11H2,1H3. The van der Waals surface area contributed by atoms with Gasteiger partial charge in [-0.15, -0.1) is 0 Å². The minimum absolute atomic E-state index is 0.216. The lowest BCUT2D eigenvalue weighted by atomic mass is 10.0. The Bertz CT molecular complexity index is 411. The summed E-state index contributed by atoms with van der Waals surface area (Å²) < 4.78 is 0. The van der Waals surface area contributed by atoms with Gasteiger partial charge in [-0.1, -0.05) is 38.3 Å². The Hall–Kier alpha value is -1.31. The van der Waals surface area contributed by atoms with Crippen molar-refractivity contribution in [2.24, 2.45) is 5.92 Å². The molecule has 2 atom stereocenters. The lowest BCUT2D eigenvalue weighted by Gasteiger charge is -2.02. The summed E-state index contributed by atoms with van der Waals surface area (Å²) in [6, 6.07) is 7.32. The Morgan fingerprint density at radius 1 is 1.33 bits per heavy atom. The van der Waals surface area contributed by atoms with E-state index in [1.807, 2.05) is 12.1 Å². The molecule has 0 aliphatic heterocycles. The van der Waals surface area contributed by atoms with E-state index in [1.165, 1.54) is 19.3 Å². The highest BCUT2D eigenvalue weighted by molar-refractivity contribution is 5.85. The van der Waals surface area contributed by atoms with Gasteiger partial charge in [0.05, 0.1) is 0 Å². The molecule has 1 aliphatic carbocycles. The summed E-state index contributed by atoms with van der Waals surface area (Å²) in [5.74, 6) is 1.29. The van der Waals surface area contributed by atoms with Gasteiger partial charge >= 0.3 is 0 Å². The highest BCUT2D eigenvalue weighted by Gasteiger charge is 2.42. The van der Waals surface area contributed by atoms with Gasteiger partial charge in [0.2, 0.25) is 0 Å². The molecule has 2 rings (SSSR count). The van der Waals surface area contributed by atoms with E-state index < -0.39 is 0 Å². The molecule has 18 heavy (non-hydrogen) atoms. The minimum atomic E-state index is 0.216. The molecule has 1 saturated carbocycles. The van der Waals surface area contributed by atoms with Gasteiger partial charge in [-0.3, -0.25) is 4.79 Å². The Morgan fingerprint density at radius 2 is 2.17 bits per heavy atom. The van der Waals surface area contributed by atoms with Crippen LogP contribution in [0, 0.1) is 5.92 Å². The van der Waals surface area contributed by atoms with Gasteiger partial charge in [0.25, 0.3) is 0 Å². The molecule has 1 aromatic rings. The van der Waals surface area contributed by atoms with Gasteiger partial charge in [0.1, 0.15) is 11.5 Å². The Balaban J connectivity index is 1.78. The van der Waals surface area contributed by atoms with Gasteiger partial charge < -0.3 is 5.11 Å². The number of ketones is 1. The summed E-state index contributed by atoms with van der Waals surface area (Å²) in [5, 5.41) is 9.43. The molecule has 0 aromatic heterocycles. The number of rotatable bonds is 7. The van der Waals surface area contributed by atoms with Crippen molar-refractivity contribution in [3.05, 3.63) is 29.8 Å². The minimum Gasteiger partial charge on any atom is -0.508 e. The first-order valence-corrected chi connectivity index (χ1v) is 7.04. The van der Waals surface area contributed by atoms with Gasteiger partial charge in [0, 0.05) is 12.3 Å². The fourth-order valence-electron chi connectivity index (χ4n) is 2.59. The van der Waals surface area contributed by atoms with Crippen molar-refractivity contribution in [3.8, 4) is 5.75 Å². The van der Waals surface area contributed by atoms with Crippen LogP contribution in [0.2, 0.25) is 0 Å². The van der Waals surface area contributed by atoms with E-state index in [0.717, 1.165) is 24.8 Å².